The van der Waals surface area contributed by atoms with Crippen molar-refractivity contribution in [2.24, 2.45) is 4.99 Å². The molecule has 0 aliphatic carbocycles. The van der Waals surface area contributed by atoms with Gasteiger partial charge in [0.25, 0.3) is 0 Å². The summed E-state index contributed by atoms with van der Waals surface area (Å²) in [7, 11) is 2.08. The van der Waals surface area contributed by atoms with Crippen LogP contribution in [0.2, 0.25) is 5.15 Å². The van der Waals surface area contributed by atoms with Crippen molar-refractivity contribution in [3.05, 3.63) is 51.4 Å². The van der Waals surface area contributed by atoms with E-state index in [4.69, 9.17) is 16.6 Å². The molecule has 7 heteroatoms. The van der Waals surface area contributed by atoms with E-state index in [-0.39, 0.29) is 24.0 Å². The van der Waals surface area contributed by atoms with Crippen LogP contribution in [0.3, 0.4) is 0 Å². The largest absolute Gasteiger partial charge is 0.357 e. The highest BCUT2D eigenvalue weighted by molar-refractivity contribution is 14.0. The van der Waals surface area contributed by atoms with Crippen LogP contribution in [0.5, 0.6) is 0 Å². The van der Waals surface area contributed by atoms with Gasteiger partial charge in [0.05, 0.1) is 0 Å². The molecular formula is C17H24ClIN4S. The van der Waals surface area contributed by atoms with Gasteiger partial charge in [-0.15, -0.1) is 35.3 Å². The van der Waals surface area contributed by atoms with Crippen LogP contribution >= 0.6 is 46.9 Å². The third-order valence-electron chi connectivity index (χ3n) is 3.42. The van der Waals surface area contributed by atoms with E-state index in [0.717, 1.165) is 44.0 Å². The molecule has 0 radical (unpaired) electrons. The summed E-state index contributed by atoms with van der Waals surface area (Å²) in [5.74, 6) is 0.950. The zero-order chi connectivity index (χ0) is 16.5. The molecule has 4 nitrogen and oxygen atoms in total. The van der Waals surface area contributed by atoms with Crippen LogP contribution in [-0.2, 0) is 12.8 Å². The molecule has 132 valence electrons. The third kappa shape index (κ3) is 7.36. The highest BCUT2D eigenvalue weighted by Crippen LogP contribution is 2.09. The first-order valence-corrected chi connectivity index (χ1v) is 9.07. The summed E-state index contributed by atoms with van der Waals surface area (Å²) in [6, 6.07) is 8.09. The van der Waals surface area contributed by atoms with E-state index < -0.39 is 0 Å². The topological polar surface area (TPSA) is 40.5 Å². The number of pyridine rings is 1. The molecule has 0 aromatic carbocycles. The Kier molecular flexibility index (Phi) is 10.3. The van der Waals surface area contributed by atoms with Crippen molar-refractivity contribution < 1.29 is 0 Å². The molecule has 2 rings (SSSR count). The van der Waals surface area contributed by atoms with Crippen LogP contribution < -0.4 is 5.32 Å². The molecule has 1 N–H and O–H groups in total. The maximum Gasteiger partial charge on any atom is 0.193 e. The van der Waals surface area contributed by atoms with Crippen molar-refractivity contribution in [2.75, 3.05) is 26.7 Å². The average molecular weight is 479 g/mol. The van der Waals surface area contributed by atoms with Crippen molar-refractivity contribution in [2.45, 2.75) is 19.8 Å². The summed E-state index contributed by atoms with van der Waals surface area (Å²) in [6.45, 7) is 4.64. The van der Waals surface area contributed by atoms with E-state index in [9.17, 15) is 0 Å². The maximum absolute atomic E-state index is 5.80. The summed E-state index contributed by atoms with van der Waals surface area (Å²) >= 11 is 7.60. The van der Waals surface area contributed by atoms with E-state index >= 15 is 0 Å². The Labute approximate surface area is 170 Å². The van der Waals surface area contributed by atoms with Gasteiger partial charge in [0.2, 0.25) is 0 Å². The molecule has 0 aliphatic rings. The zero-order valence-electron chi connectivity index (χ0n) is 14.0. The lowest BCUT2D eigenvalue weighted by Gasteiger charge is -2.21. The number of hydrogen-bond acceptors (Lipinski definition) is 3. The first kappa shape index (κ1) is 21.2. The number of hydrogen-bond donors (Lipinski definition) is 1. The Balaban J connectivity index is 0.00000288. The Hall–Kier alpha value is -0.860. The van der Waals surface area contributed by atoms with Gasteiger partial charge in [0, 0.05) is 37.8 Å². The first-order valence-electron chi connectivity index (χ1n) is 7.81. The highest BCUT2D eigenvalue weighted by atomic mass is 127. The van der Waals surface area contributed by atoms with Crippen LogP contribution in [0.4, 0.5) is 0 Å². The standard InChI is InChI=1S/C17H23ClN4S.HI/c1-3-19-17(22(2)11-9-15-5-4-12-23-15)20-10-8-14-6-7-16(18)21-13-14;/h4-7,12-13H,3,8-11H2,1-2H3,(H,19,20);1H. The van der Waals surface area contributed by atoms with Gasteiger partial charge in [-0.05, 0) is 42.8 Å². The van der Waals surface area contributed by atoms with Gasteiger partial charge in [-0.3, -0.25) is 4.99 Å². The first-order chi connectivity index (χ1) is 11.2. The lowest BCUT2D eigenvalue weighted by molar-refractivity contribution is 0.487. The molecule has 0 unspecified atom stereocenters. The molecule has 24 heavy (non-hydrogen) atoms. The summed E-state index contributed by atoms with van der Waals surface area (Å²) in [5.41, 5.74) is 1.15. The van der Waals surface area contributed by atoms with Crippen LogP contribution in [0, 0.1) is 0 Å². The molecule has 2 aromatic rings. The number of nitrogens with one attached hydrogen (secondary N) is 1. The Morgan fingerprint density at radius 2 is 2.17 bits per heavy atom. The number of guanidine groups is 1. The number of thiophene rings is 1. The van der Waals surface area contributed by atoms with Crippen LogP contribution in [0.1, 0.15) is 17.4 Å². The summed E-state index contributed by atoms with van der Waals surface area (Å²) in [5, 5.41) is 6.00. The summed E-state index contributed by atoms with van der Waals surface area (Å²) in [6.07, 6.45) is 3.71. The minimum atomic E-state index is 0. The fourth-order valence-corrected chi connectivity index (χ4v) is 2.96. The van der Waals surface area contributed by atoms with Gasteiger partial charge in [-0.2, -0.15) is 0 Å². The number of rotatable bonds is 7. The van der Waals surface area contributed by atoms with Crippen molar-refractivity contribution in [3.63, 3.8) is 0 Å². The van der Waals surface area contributed by atoms with Crippen LogP contribution in [0.25, 0.3) is 0 Å². The SMILES string of the molecule is CCNC(=NCCc1ccc(Cl)nc1)N(C)CCc1cccs1.I. The van der Waals surface area contributed by atoms with Gasteiger partial charge in [-0.1, -0.05) is 23.7 Å². The van der Waals surface area contributed by atoms with E-state index in [2.05, 4.69) is 46.7 Å². The molecule has 2 aromatic heterocycles. The average Bonchev–Trinajstić information content (AvgIpc) is 3.07. The molecular weight excluding hydrogens is 455 g/mol. The number of nitrogens with zero attached hydrogens (tertiary/aromatic N) is 3. The monoisotopic (exact) mass is 478 g/mol. The lowest BCUT2D eigenvalue weighted by Crippen LogP contribution is -2.40. The summed E-state index contributed by atoms with van der Waals surface area (Å²) in [4.78, 5) is 12.4. The normalized spacial score (nSPS) is 11.0. The smallest absolute Gasteiger partial charge is 0.193 e. The quantitative estimate of drug-likeness (QED) is 0.282. The second kappa shape index (κ2) is 11.7. The predicted octanol–water partition coefficient (Wildman–Crippen LogP) is 4.10. The molecule has 0 aliphatic heterocycles. The number of likely N-dealkylation sites (N-methyl/N-ethyl adjacent to an activating group) is 1. The number of aliphatic imine (C=N–C) groups is 1. The van der Waals surface area contributed by atoms with Crippen molar-refractivity contribution in [1.29, 1.82) is 0 Å². The second-order valence-electron chi connectivity index (χ2n) is 5.23. The Morgan fingerprint density at radius 1 is 1.33 bits per heavy atom. The Morgan fingerprint density at radius 3 is 2.79 bits per heavy atom. The van der Waals surface area contributed by atoms with E-state index in [1.54, 1.807) is 11.3 Å². The van der Waals surface area contributed by atoms with Crippen molar-refractivity contribution >= 4 is 52.9 Å². The van der Waals surface area contributed by atoms with Gasteiger partial charge < -0.3 is 10.2 Å². The third-order valence-corrected chi connectivity index (χ3v) is 4.58. The molecule has 0 saturated carbocycles. The summed E-state index contributed by atoms with van der Waals surface area (Å²) < 4.78 is 0. The molecule has 0 spiro atoms. The van der Waals surface area contributed by atoms with E-state index in [0.29, 0.717) is 5.15 Å². The second-order valence-corrected chi connectivity index (χ2v) is 6.65. The molecule has 0 amide bonds. The van der Waals surface area contributed by atoms with Gasteiger partial charge >= 0.3 is 0 Å². The van der Waals surface area contributed by atoms with E-state index in [1.807, 2.05) is 18.3 Å². The lowest BCUT2D eigenvalue weighted by atomic mass is 10.2. The van der Waals surface area contributed by atoms with Crippen molar-refractivity contribution in [3.8, 4) is 0 Å². The Bertz CT molecular complexity index is 602. The molecule has 0 atom stereocenters. The zero-order valence-corrected chi connectivity index (χ0v) is 17.9. The van der Waals surface area contributed by atoms with Crippen LogP contribution in [0.15, 0.2) is 40.8 Å². The van der Waals surface area contributed by atoms with Crippen LogP contribution in [-0.4, -0.2) is 42.5 Å². The molecule has 0 fully saturated rings. The fourth-order valence-electron chi connectivity index (χ4n) is 2.15. The highest BCUT2D eigenvalue weighted by Gasteiger charge is 2.06. The molecule has 0 saturated heterocycles. The number of halogens is 2. The van der Waals surface area contributed by atoms with Gasteiger partial charge in [0.15, 0.2) is 5.96 Å². The van der Waals surface area contributed by atoms with Crippen molar-refractivity contribution in [1.82, 2.24) is 15.2 Å². The van der Waals surface area contributed by atoms with Gasteiger partial charge in [0.1, 0.15) is 5.15 Å². The minimum absolute atomic E-state index is 0. The van der Waals surface area contributed by atoms with Gasteiger partial charge in [-0.25, -0.2) is 4.98 Å². The molecule has 0 bridgehead atoms. The fraction of sp³-hybridized carbons (Fsp3) is 0.412. The minimum Gasteiger partial charge on any atom is -0.357 e. The van der Waals surface area contributed by atoms with E-state index in [1.165, 1.54) is 4.88 Å². The predicted molar refractivity (Wildman–Crippen MR) is 115 cm³/mol. The molecule has 2 heterocycles. The number of aromatic nitrogens is 1. The maximum atomic E-state index is 5.80.